The van der Waals surface area contributed by atoms with Gasteiger partial charge in [0.05, 0.1) is 38.1 Å². The summed E-state index contributed by atoms with van der Waals surface area (Å²) in [5.74, 6) is -0.0146. The molecule has 11 heteroatoms. The van der Waals surface area contributed by atoms with Gasteiger partial charge in [-0.1, -0.05) is 229 Å². The van der Waals surface area contributed by atoms with E-state index in [1.54, 1.807) is 0 Å². The second-order valence-electron chi connectivity index (χ2n) is 20.1. The molecule has 0 bridgehead atoms. The van der Waals surface area contributed by atoms with Gasteiger partial charge in [-0.05, 0) is 148 Å². The number of rotatable bonds is 52. The quantitative estimate of drug-likeness (QED) is 0.0216. The van der Waals surface area contributed by atoms with Crippen LogP contribution in [0.4, 0.5) is 0 Å². The number of aliphatic hydroxyl groups is 6. The standard InChI is InChI=1S/C25H41NO3.C25H39NO3.C24H38O3.CH4/c2*1-2-3-4-5-6-7-8-9-10-11-12-13-14-15-16-17-18-19-20-21-25(29)26-22-24(28)23-27;1-2-3-4-5-6-7-8-9-10-11-12-13-14-15-16-17-18-19-23(26)20-21-24(27)22-25;/h3-4,6-7,9-10,12-13,15-16,24,27-28H,2,5,8,11,14,17-23H2,1H3,(H,26,29);3-4,6-7,9-10,12-13,15-16,18-19,24,27-28H,2,5,8,11,14,17,20-23H2,1H3,(H,26,29);3-4,6-7,9-10,12-13,15-16,24-25,27H,2,5,8,11,14,17-22H2,1H3;1H4/b4-3-,7-6-,10-9-,13-12-,16-15-;4-3-,7-6-,10-9-,13-12-,16-15-,19-18-;4-3-,7-6-,10-9-,13-12-,16-15-;. The number of hydrogen-bond acceptors (Lipinski definition) is 9. The van der Waals surface area contributed by atoms with E-state index in [-0.39, 0.29) is 57.9 Å². The molecular formula is C75H122N2O9. The Bertz CT molecular complexity index is 2010. The zero-order valence-electron chi connectivity index (χ0n) is 52.9. The van der Waals surface area contributed by atoms with E-state index in [0.717, 1.165) is 141 Å². The van der Waals surface area contributed by atoms with E-state index in [0.29, 0.717) is 38.5 Å². The predicted octanol–water partition coefficient (Wildman–Crippen LogP) is 16.3. The van der Waals surface area contributed by atoms with Gasteiger partial charge in [-0.25, -0.2) is 0 Å². The fraction of sp³-hybridized carbons (Fsp3) is 0.533. The Morgan fingerprint density at radius 1 is 0.302 bits per heavy atom. The number of unbranched alkanes of at least 4 members (excludes halogenated alkanes) is 4. The average molecular weight is 1200 g/mol. The van der Waals surface area contributed by atoms with Crippen LogP contribution in [0.2, 0.25) is 0 Å². The predicted molar refractivity (Wildman–Crippen MR) is 370 cm³/mol. The van der Waals surface area contributed by atoms with E-state index in [9.17, 15) is 19.5 Å². The van der Waals surface area contributed by atoms with Gasteiger partial charge in [0.2, 0.25) is 11.8 Å². The lowest BCUT2D eigenvalue weighted by molar-refractivity contribution is -0.122. The maximum Gasteiger partial charge on any atom is 0.220 e. The van der Waals surface area contributed by atoms with Crippen LogP contribution in [-0.4, -0.2) is 99.5 Å². The first-order chi connectivity index (χ1) is 41.6. The Morgan fingerprint density at radius 2 is 0.570 bits per heavy atom. The molecule has 0 aliphatic carbocycles. The van der Waals surface area contributed by atoms with Crippen LogP contribution in [0, 0.1) is 0 Å². The molecule has 2 amide bonds. The SMILES string of the molecule is C.CC/C=C\C/C=C\C/C=C\C/C=C\C/C=C\C/C=C\CCC(=O)NCC(O)CO.CC/C=C\C/C=C\C/C=C\C/C=C\C/C=C\CCCC(=O)CCC(O)CO.CC/C=C\C/C=C\C/C=C\C/C=C\C/C=C\CCCCCC(=O)NCC(O)CO. The molecule has 8 N–H and O–H groups in total. The second-order valence-corrected chi connectivity index (χ2v) is 20.1. The number of aliphatic hydroxyl groups excluding tert-OH is 6. The lowest BCUT2D eigenvalue weighted by Gasteiger charge is -2.08. The van der Waals surface area contributed by atoms with Gasteiger partial charge in [0, 0.05) is 38.8 Å². The van der Waals surface area contributed by atoms with E-state index in [2.05, 4.69) is 214 Å². The Morgan fingerprint density at radius 3 is 0.872 bits per heavy atom. The fourth-order valence-corrected chi connectivity index (χ4v) is 7.05. The summed E-state index contributed by atoms with van der Waals surface area (Å²) in [5, 5.41) is 58.7. The van der Waals surface area contributed by atoms with Gasteiger partial charge in [0.25, 0.3) is 0 Å². The Balaban J connectivity index is -0.000000583. The molecule has 0 aromatic heterocycles. The van der Waals surface area contributed by atoms with Crippen LogP contribution in [0.15, 0.2) is 194 Å². The number of Topliss-reactive ketones (excluding diaryl/α,β-unsaturated/α-hetero) is 1. The highest BCUT2D eigenvalue weighted by Gasteiger charge is 2.07. The van der Waals surface area contributed by atoms with Crippen molar-refractivity contribution in [3.8, 4) is 0 Å². The first-order valence-corrected chi connectivity index (χ1v) is 31.9. The highest BCUT2D eigenvalue weighted by atomic mass is 16.3. The minimum Gasteiger partial charge on any atom is -0.394 e. The zero-order chi connectivity index (χ0) is 62.8. The average Bonchev–Trinajstić information content (AvgIpc) is 3.51. The second kappa shape index (κ2) is 77.2. The summed E-state index contributed by atoms with van der Waals surface area (Å²) in [5.41, 5.74) is 0. The van der Waals surface area contributed by atoms with Crippen LogP contribution in [0.3, 0.4) is 0 Å². The number of ketones is 1. The van der Waals surface area contributed by atoms with Gasteiger partial charge < -0.3 is 41.3 Å². The van der Waals surface area contributed by atoms with Crippen LogP contribution >= 0.6 is 0 Å². The Kier molecular flexibility index (Phi) is 77.8. The first kappa shape index (κ1) is 86.6. The normalized spacial score (nSPS) is 13.6. The van der Waals surface area contributed by atoms with Crippen molar-refractivity contribution >= 4 is 17.6 Å². The molecule has 0 aliphatic rings. The topological polar surface area (TPSA) is 197 Å². The van der Waals surface area contributed by atoms with Crippen molar-refractivity contribution in [1.29, 1.82) is 0 Å². The minimum absolute atomic E-state index is 0. The molecule has 486 valence electrons. The molecule has 0 fully saturated rings. The molecule has 3 unspecified atom stereocenters. The van der Waals surface area contributed by atoms with Crippen LogP contribution < -0.4 is 10.6 Å². The smallest absolute Gasteiger partial charge is 0.220 e. The molecule has 0 aliphatic heterocycles. The van der Waals surface area contributed by atoms with E-state index >= 15 is 0 Å². The number of nitrogens with one attached hydrogen (secondary N) is 2. The van der Waals surface area contributed by atoms with E-state index in [4.69, 9.17) is 25.5 Å². The minimum atomic E-state index is -0.884. The van der Waals surface area contributed by atoms with Crippen molar-refractivity contribution in [3.63, 3.8) is 0 Å². The molecule has 0 aromatic carbocycles. The summed E-state index contributed by atoms with van der Waals surface area (Å²) >= 11 is 0. The van der Waals surface area contributed by atoms with Crippen molar-refractivity contribution in [2.75, 3.05) is 32.9 Å². The molecular weight excluding hydrogens is 1070 g/mol. The van der Waals surface area contributed by atoms with Gasteiger partial charge >= 0.3 is 0 Å². The maximum absolute atomic E-state index is 11.6. The zero-order valence-corrected chi connectivity index (χ0v) is 52.9. The van der Waals surface area contributed by atoms with Gasteiger partial charge in [0.15, 0.2) is 0 Å². The van der Waals surface area contributed by atoms with Gasteiger partial charge in [-0.2, -0.15) is 0 Å². The summed E-state index contributed by atoms with van der Waals surface area (Å²) in [6, 6.07) is 0. The number of amides is 2. The summed E-state index contributed by atoms with van der Waals surface area (Å²) < 4.78 is 0. The van der Waals surface area contributed by atoms with Crippen molar-refractivity contribution in [2.45, 2.75) is 226 Å². The highest BCUT2D eigenvalue weighted by Crippen LogP contribution is 2.07. The van der Waals surface area contributed by atoms with Crippen molar-refractivity contribution in [2.24, 2.45) is 0 Å². The molecule has 3 atom stereocenters. The first-order valence-electron chi connectivity index (χ1n) is 31.9. The van der Waals surface area contributed by atoms with Crippen LogP contribution in [0.5, 0.6) is 0 Å². The molecule has 86 heavy (non-hydrogen) atoms. The van der Waals surface area contributed by atoms with Crippen LogP contribution in [0.1, 0.15) is 208 Å². The summed E-state index contributed by atoms with van der Waals surface area (Å²) in [6.45, 7) is 5.72. The molecule has 0 radical (unpaired) electrons. The number of carbonyl (C=O) groups is 3. The Hall–Kier alpha value is -5.79. The highest BCUT2D eigenvalue weighted by molar-refractivity contribution is 5.78. The van der Waals surface area contributed by atoms with E-state index in [1.165, 1.54) is 0 Å². The van der Waals surface area contributed by atoms with Crippen molar-refractivity contribution in [1.82, 2.24) is 10.6 Å². The monoisotopic (exact) mass is 1190 g/mol. The Labute approximate surface area is 524 Å². The van der Waals surface area contributed by atoms with Crippen LogP contribution in [-0.2, 0) is 14.4 Å². The van der Waals surface area contributed by atoms with Gasteiger partial charge in [0.1, 0.15) is 5.78 Å². The molecule has 0 spiro atoms. The number of carbonyl (C=O) groups excluding carboxylic acids is 3. The van der Waals surface area contributed by atoms with E-state index in [1.807, 2.05) is 12.2 Å². The number of hydrogen-bond donors (Lipinski definition) is 8. The summed E-state index contributed by atoms with van der Waals surface area (Å²) in [6.07, 6.45) is 91.5. The molecule has 11 nitrogen and oxygen atoms in total. The lowest BCUT2D eigenvalue weighted by atomic mass is 10.1. The molecule has 0 saturated carbocycles. The largest absolute Gasteiger partial charge is 0.394 e. The lowest BCUT2D eigenvalue weighted by Crippen LogP contribution is -2.33. The molecule has 0 aromatic rings. The molecule has 0 heterocycles. The number of allylic oxidation sites excluding steroid dienone is 32. The maximum atomic E-state index is 11.6. The third-order valence-electron chi connectivity index (χ3n) is 12.0. The van der Waals surface area contributed by atoms with E-state index < -0.39 is 18.3 Å². The van der Waals surface area contributed by atoms with Gasteiger partial charge in [-0.3, -0.25) is 14.4 Å². The molecule has 0 saturated heterocycles. The van der Waals surface area contributed by atoms with Crippen molar-refractivity contribution < 1.29 is 45.0 Å². The summed E-state index contributed by atoms with van der Waals surface area (Å²) in [4.78, 5) is 34.6. The van der Waals surface area contributed by atoms with Gasteiger partial charge in [-0.15, -0.1) is 0 Å². The fourth-order valence-electron chi connectivity index (χ4n) is 7.05. The third-order valence-corrected chi connectivity index (χ3v) is 12.0. The third kappa shape index (κ3) is 80.3. The van der Waals surface area contributed by atoms with Crippen LogP contribution in [0.25, 0.3) is 0 Å². The van der Waals surface area contributed by atoms with Crippen molar-refractivity contribution in [3.05, 3.63) is 194 Å². The summed E-state index contributed by atoms with van der Waals surface area (Å²) in [7, 11) is 0. The molecule has 0 rings (SSSR count).